The lowest BCUT2D eigenvalue weighted by molar-refractivity contribution is -0.137. The predicted molar refractivity (Wildman–Crippen MR) is 82.8 cm³/mol. The molecule has 0 aromatic carbocycles. The largest absolute Gasteiger partial charge is 0.481 e. The number of likely N-dealkylation sites (tertiary alicyclic amines) is 1. The van der Waals surface area contributed by atoms with Crippen LogP contribution in [0.3, 0.4) is 0 Å². The first-order valence-electron chi connectivity index (χ1n) is 8.05. The van der Waals surface area contributed by atoms with E-state index in [0.717, 1.165) is 19.3 Å². The zero-order chi connectivity index (χ0) is 16.6. The summed E-state index contributed by atoms with van der Waals surface area (Å²) in [4.78, 5) is 24.1. The normalized spacial score (nSPS) is 16.6. The molecule has 0 aliphatic carbocycles. The van der Waals surface area contributed by atoms with Crippen molar-refractivity contribution in [1.29, 1.82) is 0 Å². The number of carboxylic acid groups (broad SMARTS) is 1. The molecule has 1 heterocycles. The topological polar surface area (TPSA) is 76.1 Å². The van der Waals surface area contributed by atoms with E-state index in [1.807, 2.05) is 20.8 Å². The van der Waals surface area contributed by atoms with Crippen LogP contribution >= 0.6 is 0 Å². The maximum atomic E-state index is 11.9. The first-order chi connectivity index (χ1) is 10.3. The Morgan fingerprint density at radius 1 is 1.18 bits per heavy atom. The van der Waals surface area contributed by atoms with Crippen LogP contribution in [0, 0.1) is 5.92 Å². The van der Waals surface area contributed by atoms with E-state index >= 15 is 0 Å². The third kappa shape index (κ3) is 8.22. The van der Waals surface area contributed by atoms with Gasteiger partial charge in [0.1, 0.15) is 5.60 Å². The highest BCUT2D eigenvalue weighted by molar-refractivity contribution is 5.68. The van der Waals surface area contributed by atoms with E-state index in [1.54, 1.807) is 4.90 Å². The van der Waals surface area contributed by atoms with E-state index in [4.69, 9.17) is 14.6 Å². The molecule has 6 nitrogen and oxygen atoms in total. The zero-order valence-electron chi connectivity index (χ0n) is 14.0. The standard InChI is InChI=1S/C16H29NO5/c1-16(2,3)22-15(20)17-9-7-13(8-10-17)12-21-11-5-4-6-14(18)19/h13H,4-12H2,1-3H3,(H,18,19). The van der Waals surface area contributed by atoms with Crippen molar-refractivity contribution in [2.45, 2.75) is 58.5 Å². The van der Waals surface area contributed by atoms with Crippen molar-refractivity contribution >= 4 is 12.1 Å². The molecule has 128 valence electrons. The van der Waals surface area contributed by atoms with Crippen molar-refractivity contribution in [3.63, 3.8) is 0 Å². The van der Waals surface area contributed by atoms with Gasteiger partial charge in [-0.25, -0.2) is 4.79 Å². The van der Waals surface area contributed by atoms with Gasteiger partial charge in [0.25, 0.3) is 0 Å². The summed E-state index contributed by atoms with van der Waals surface area (Å²) in [5, 5.41) is 8.53. The fourth-order valence-electron chi connectivity index (χ4n) is 2.34. The highest BCUT2D eigenvalue weighted by atomic mass is 16.6. The van der Waals surface area contributed by atoms with Gasteiger partial charge >= 0.3 is 12.1 Å². The number of carbonyl (C=O) groups excluding carboxylic acids is 1. The Balaban J connectivity index is 2.10. The number of rotatable bonds is 7. The number of amides is 1. The third-order valence-electron chi connectivity index (χ3n) is 3.55. The molecule has 1 fully saturated rings. The van der Waals surface area contributed by atoms with Gasteiger partial charge in [0.05, 0.1) is 0 Å². The van der Waals surface area contributed by atoms with E-state index in [-0.39, 0.29) is 12.5 Å². The molecule has 1 saturated heterocycles. The minimum atomic E-state index is -0.755. The highest BCUT2D eigenvalue weighted by Gasteiger charge is 2.26. The summed E-state index contributed by atoms with van der Waals surface area (Å²) < 4.78 is 11.0. The molecule has 0 saturated carbocycles. The lowest BCUT2D eigenvalue weighted by Gasteiger charge is -2.33. The van der Waals surface area contributed by atoms with Crippen LogP contribution in [-0.4, -0.2) is 54.0 Å². The molecule has 22 heavy (non-hydrogen) atoms. The van der Waals surface area contributed by atoms with Gasteiger partial charge < -0.3 is 19.5 Å². The number of aliphatic carboxylic acids is 1. The van der Waals surface area contributed by atoms with Gasteiger partial charge in [-0.3, -0.25) is 4.79 Å². The van der Waals surface area contributed by atoms with Crippen molar-refractivity contribution in [2.24, 2.45) is 5.92 Å². The maximum absolute atomic E-state index is 11.9. The number of nitrogens with zero attached hydrogens (tertiary/aromatic N) is 1. The molecule has 0 unspecified atom stereocenters. The highest BCUT2D eigenvalue weighted by Crippen LogP contribution is 2.20. The predicted octanol–water partition coefficient (Wildman–Crippen LogP) is 2.91. The number of hydrogen-bond donors (Lipinski definition) is 1. The maximum Gasteiger partial charge on any atom is 0.410 e. The second kappa shape index (κ2) is 8.98. The monoisotopic (exact) mass is 315 g/mol. The van der Waals surface area contributed by atoms with Crippen LogP contribution in [0.15, 0.2) is 0 Å². The first kappa shape index (κ1) is 18.7. The van der Waals surface area contributed by atoms with Crippen LogP contribution in [-0.2, 0) is 14.3 Å². The Bertz CT molecular complexity index is 356. The second-order valence-electron chi connectivity index (χ2n) is 6.84. The molecule has 0 bridgehead atoms. The van der Waals surface area contributed by atoms with Gasteiger partial charge in [0, 0.05) is 32.7 Å². The van der Waals surface area contributed by atoms with Crippen LogP contribution in [0.5, 0.6) is 0 Å². The number of carbonyl (C=O) groups is 2. The van der Waals surface area contributed by atoms with Crippen LogP contribution in [0.2, 0.25) is 0 Å². The summed E-state index contributed by atoms with van der Waals surface area (Å²) in [6.07, 6.45) is 3.26. The molecule has 6 heteroatoms. The fraction of sp³-hybridized carbons (Fsp3) is 0.875. The van der Waals surface area contributed by atoms with Crippen molar-refractivity contribution < 1.29 is 24.2 Å². The fourth-order valence-corrected chi connectivity index (χ4v) is 2.34. The number of hydrogen-bond acceptors (Lipinski definition) is 4. The molecule has 1 aliphatic rings. The molecular formula is C16H29NO5. The van der Waals surface area contributed by atoms with E-state index in [9.17, 15) is 9.59 Å². The molecule has 0 aromatic rings. The molecule has 1 amide bonds. The Hall–Kier alpha value is -1.30. The van der Waals surface area contributed by atoms with Gasteiger partial charge in [-0.05, 0) is 52.4 Å². The minimum absolute atomic E-state index is 0.206. The van der Waals surface area contributed by atoms with Crippen molar-refractivity contribution in [3.05, 3.63) is 0 Å². The summed E-state index contributed by atoms with van der Waals surface area (Å²) in [7, 11) is 0. The minimum Gasteiger partial charge on any atom is -0.481 e. The average Bonchev–Trinajstić information content (AvgIpc) is 2.41. The van der Waals surface area contributed by atoms with Crippen LogP contribution in [0.4, 0.5) is 4.79 Å². The Labute approximate surface area is 132 Å². The number of ether oxygens (including phenoxy) is 2. The van der Waals surface area contributed by atoms with Gasteiger partial charge in [0.2, 0.25) is 0 Å². The number of piperidine rings is 1. The summed E-state index contributed by atoms with van der Waals surface area (Å²) in [6.45, 7) is 8.33. The molecule has 1 aliphatic heterocycles. The summed E-state index contributed by atoms with van der Waals surface area (Å²) in [5.41, 5.74) is -0.451. The van der Waals surface area contributed by atoms with E-state index in [0.29, 0.717) is 38.6 Å². The van der Waals surface area contributed by atoms with Gasteiger partial charge in [0.15, 0.2) is 0 Å². The Morgan fingerprint density at radius 3 is 2.36 bits per heavy atom. The van der Waals surface area contributed by atoms with Gasteiger partial charge in [-0.15, -0.1) is 0 Å². The van der Waals surface area contributed by atoms with Crippen LogP contribution < -0.4 is 0 Å². The van der Waals surface area contributed by atoms with E-state index in [2.05, 4.69) is 0 Å². The molecular weight excluding hydrogens is 286 g/mol. The van der Waals surface area contributed by atoms with E-state index in [1.165, 1.54) is 0 Å². The zero-order valence-corrected chi connectivity index (χ0v) is 14.0. The second-order valence-corrected chi connectivity index (χ2v) is 6.84. The van der Waals surface area contributed by atoms with Gasteiger partial charge in [-0.1, -0.05) is 0 Å². The smallest absolute Gasteiger partial charge is 0.410 e. The Morgan fingerprint density at radius 2 is 1.82 bits per heavy atom. The summed E-state index contributed by atoms with van der Waals surface area (Å²) in [6, 6.07) is 0. The van der Waals surface area contributed by atoms with Crippen molar-refractivity contribution in [2.75, 3.05) is 26.3 Å². The average molecular weight is 315 g/mol. The third-order valence-corrected chi connectivity index (χ3v) is 3.55. The molecule has 0 aromatic heterocycles. The van der Waals surface area contributed by atoms with E-state index < -0.39 is 11.6 Å². The summed E-state index contributed by atoms with van der Waals surface area (Å²) in [5.74, 6) is -0.285. The SMILES string of the molecule is CC(C)(C)OC(=O)N1CCC(COCCCCC(=O)O)CC1. The van der Waals surface area contributed by atoms with Crippen molar-refractivity contribution in [1.82, 2.24) is 4.90 Å². The van der Waals surface area contributed by atoms with Crippen LogP contribution in [0.25, 0.3) is 0 Å². The summed E-state index contributed by atoms with van der Waals surface area (Å²) >= 11 is 0. The molecule has 1 rings (SSSR count). The van der Waals surface area contributed by atoms with Gasteiger partial charge in [-0.2, -0.15) is 0 Å². The van der Waals surface area contributed by atoms with Crippen LogP contribution in [0.1, 0.15) is 52.9 Å². The first-order valence-corrected chi connectivity index (χ1v) is 8.05. The molecule has 0 atom stereocenters. The van der Waals surface area contributed by atoms with Crippen molar-refractivity contribution in [3.8, 4) is 0 Å². The molecule has 0 spiro atoms. The molecule has 0 radical (unpaired) electrons. The molecule has 1 N–H and O–H groups in total. The quantitative estimate of drug-likeness (QED) is 0.731. The lowest BCUT2D eigenvalue weighted by atomic mass is 9.98. The Kier molecular flexibility index (Phi) is 7.65. The number of unbranched alkanes of at least 4 members (excludes halogenated alkanes) is 1. The lowest BCUT2D eigenvalue weighted by Crippen LogP contribution is -2.42. The number of carboxylic acids is 1.